The Hall–Kier alpha value is -1.26. The maximum Gasteiger partial charge on any atom is 0.227 e. The first-order valence-electron chi connectivity index (χ1n) is 7.30. The Balaban J connectivity index is 1.70. The predicted octanol–water partition coefficient (Wildman–Crippen LogP) is 2.53. The maximum absolute atomic E-state index is 12.5. The van der Waals surface area contributed by atoms with E-state index in [0.29, 0.717) is 17.2 Å². The molecule has 0 aromatic heterocycles. The number of nitrogens with zero attached hydrogens (tertiary/aromatic N) is 1. The molecular weight excluding hydrogens is 290 g/mol. The highest BCUT2D eigenvalue weighted by Gasteiger charge is 2.42. The van der Waals surface area contributed by atoms with Gasteiger partial charge >= 0.3 is 0 Å². The zero-order chi connectivity index (χ0) is 14.9. The molecule has 1 amide bonds. The summed E-state index contributed by atoms with van der Waals surface area (Å²) in [6.45, 7) is 3.22. The van der Waals surface area contributed by atoms with Crippen molar-refractivity contribution in [1.29, 1.82) is 0 Å². The summed E-state index contributed by atoms with van der Waals surface area (Å²) in [4.78, 5) is 14.5. The van der Waals surface area contributed by atoms with Crippen LogP contribution in [0.3, 0.4) is 0 Å². The molecule has 2 heterocycles. The van der Waals surface area contributed by atoms with E-state index in [-0.39, 0.29) is 11.3 Å². The minimum Gasteiger partial charge on any atom is -0.496 e. The smallest absolute Gasteiger partial charge is 0.227 e. The van der Waals surface area contributed by atoms with Gasteiger partial charge in [0.25, 0.3) is 0 Å². The summed E-state index contributed by atoms with van der Waals surface area (Å²) in [5.41, 5.74) is 0.968. The molecular formula is C16H20ClNO3. The molecule has 1 aromatic carbocycles. The zero-order valence-electron chi connectivity index (χ0n) is 12.2. The number of ether oxygens (including phenoxy) is 2. The average molecular weight is 310 g/mol. The van der Waals surface area contributed by atoms with Crippen LogP contribution in [0.5, 0.6) is 5.75 Å². The molecule has 2 fully saturated rings. The third kappa shape index (κ3) is 2.87. The molecule has 0 radical (unpaired) electrons. The van der Waals surface area contributed by atoms with Gasteiger partial charge in [0.05, 0.1) is 20.1 Å². The second-order valence-corrected chi connectivity index (χ2v) is 6.37. The first kappa shape index (κ1) is 14.7. The van der Waals surface area contributed by atoms with Crippen molar-refractivity contribution in [3.05, 3.63) is 28.8 Å². The molecule has 2 aliphatic heterocycles. The van der Waals surface area contributed by atoms with Crippen molar-refractivity contribution in [2.45, 2.75) is 19.3 Å². The minimum atomic E-state index is 0.116. The van der Waals surface area contributed by atoms with Crippen LogP contribution in [-0.4, -0.2) is 44.2 Å². The second-order valence-electron chi connectivity index (χ2n) is 5.97. The fraction of sp³-hybridized carbons (Fsp3) is 0.562. The van der Waals surface area contributed by atoms with Crippen LogP contribution in [0.1, 0.15) is 18.4 Å². The lowest BCUT2D eigenvalue weighted by Gasteiger charge is -2.22. The predicted molar refractivity (Wildman–Crippen MR) is 80.8 cm³/mol. The monoisotopic (exact) mass is 309 g/mol. The number of carbonyl (C=O) groups is 1. The molecule has 4 nitrogen and oxygen atoms in total. The first-order valence-corrected chi connectivity index (χ1v) is 7.68. The highest BCUT2D eigenvalue weighted by atomic mass is 35.5. The number of amides is 1. The number of benzene rings is 1. The Kier molecular flexibility index (Phi) is 4.09. The normalized spacial score (nSPS) is 24.8. The van der Waals surface area contributed by atoms with E-state index in [4.69, 9.17) is 21.1 Å². The SMILES string of the molecule is COc1cccc(Cl)c1CC(=O)N1CCC2(CCOC2)C1. The van der Waals surface area contributed by atoms with Crippen LogP contribution >= 0.6 is 11.6 Å². The van der Waals surface area contributed by atoms with Crippen LogP contribution in [0.4, 0.5) is 0 Å². The second kappa shape index (κ2) is 5.85. The van der Waals surface area contributed by atoms with Crippen LogP contribution in [-0.2, 0) is 16.0 Å². The molecule has 0 N–H and O–H groups in total. The maximum atomic E-state index is 12.5. The van der Waals surface area contributed by atoms with Crippen molar-refractivity contribution in [3.8, 4) is 5.75 Å². The van der Waals surface area contributed by atoms with Crippen molar-refractivity contribution in [3.63, 3.8) is 0 Å². The minimum absolute atomic E-state index is 0.116. The van der Waals surface area contributed by atoms with E-state index in [9.17, 15) is 4.79 Å². The number of methoxy groups -OCH3 is 1. The summed E-state index contributed by atoms with van der Waals surface area (Å²) >= 11 is 6.21. The van der Waals surface area contributed by atoms with Gasteiger partial charge in [-0.1, -0.05) is 17.7 Å². The van der Waals surface area contributed by atoms with Gasteiger partial charge in [-0.25, -0.2) is 0 Å². The van der Waals surface area contributed by atoms with Gasteiger partial charge in [0, 0.05) is 35.7 Å². The lowest BCUT2D eigenvalue weighted by atomic mass is 9.87. The van der Waals surface area contributed by atoms with Crippen molar-refractivity contribution in [2.24, 2.45) is 5.41 Å². The van der Waals surface area contributed by atoms with E-state index in [0.717, 1.165) is 44.7 Å². The number of halogens is 1. The van der Waals surface area contributed by atoms with Crippen LogP contribution in [0, 0.1) is 5.41 Å². The molecule has 1 aromatic rings. The molecule has 0 aliphatic carbocycles. The van der Waals surface area contributed by atoms with E-state index < -0.39 is 0 Å². The zero-order valence-corrected chi connectivity index (χ0v) is 13.0. The number of hydrogen-bond donors (Lipinski definition) is 0. The van der Waals surface area contributed by atoms with Gasteiger partial charge in [-0.05, 0) is 25.0 Å². The molecule has 5 heteroatoms. The molecule has 21 heavy (non-hydrogen) atoms. The standard InChI is InChI=1S/C16H20ClNO3/c1-20-14-4-2-3-13(17)12(14)9-15(19)18-7-5-16(10-18)6-8-21-11-16/h2-4H,5-11H2,1H3. The van der Waals surface area contributed by atoms with Crippen molar-refractivity contribution < 1.29 is 14.3 Å². The number of rotatable bonds is 3. The van der Waals surface area contributed by atoms with Gasteiger partial charge in [0.2, 0.25) is 5.91 Å². The molecule has 0 bridgehead atoms. The number of hydrogen-bond acceptors (Lipinski definition) is 3. The summed E-state index contributed by atoms with van der Waals surface area (Å²) in [7, 11) is 1.60. The molecule has 1 atom stereocenters. The van der Waals surface area contributed by atoms with Gasteiger partial charge in [-0.2, -0.15) is 0 Å². The summed E-state index contributed by atoms with van der Waals surface area (Å²) in [6.07, 6.45) is 2.39. The Bertz CT molecular complexity index is 540. The molecule has 3 rings (SSSR count). The molecule has 1 unspecified atom stereocenters. The van der Waals surface area contributed by atoms with Crippen LogP contribution in [0.25, 0.3) is 0 Å². The van der Waals surface area contributed by atoms with Crippen molar-refractivity contribution in [1.82, 2.24) is 4.90 Å². The van der Waals surface area contributed by atoms with Crippen molar-refractivity contribution in [2.75, 3.05) is 33.4 Å². The Labute approximate surface area is 130 Å². The summed E-state index contributed by atoms with van der Waals surface area (Å²) < 4.78 is 10.8. The third-order valence-corrected chi connectivity index (χ3v) is 4.95. The molecule has 2 saturated heterocycles. The van der Waals surface area contributed by atoms with Crippen LogP contribution in [0.2, 0.25) is 5.02 Å². The van der Waals surface area contributed by atoms with Gasteiger partial charge in [-0.3, -0.25) is 4.79 Å². The van der Waals surface area contributed by atoms with Gasteiger partial charge in [-0.15, -0.1) is 0 Å². The lowest BCUT2D eigenvalue weighted by Crippen LogP contribution is -2.33. The lowest BCUT2D eigenvalue weighted by molar-refractivity contribution is -0.129. The molecule has 0 saturated carbocycles. The summed E-state index contributed by atoms with van der Waals surface area (Å²) in [5, 5.41) is 0.584. The van der Waals surface area contributed by atoms with Crippen molar-refractivity contribution >= 4 is 17.5 Å². The Morgan fingerprint density at radius 3 is 3.05 bits per heavy atom. The van der Waals surface area contributed by atoms with Gasteiger partial charge in [0.1, 0.15) is 5.75 Å². The average Bonchev–Trinajstić information content (AvgIpc) is 3.12. The van der Waals surface area contributed by atoms with E-state index in [2.05, 4.69) is 0 Å². The van der Waals surface area contributed by atoms with Crippen LogP contribution < -0.4 is 4.74 Å². The van der Waals surface area contributed by atoms with Crippen LogP contribution in [0.15, 0.2) is 18.2 Å². The summed E-state index contributed by atoms with van der Waals surface area (Å²) in [6, 6.07) is 5.46. The number of carbonyl (C=O) groups excluding carboxylic acids is 1. The Morgan fingerprint density at radius 1 is 1.48 bits per heavy atom. The Morgan fingerprint density at radius 2 is 2.33 bits per heavy atom. The highest BCUT2D eigenvalue weighted by molar-refractivity contribution is 6.31. The summed E-state index contributed by atoms with van der Waals surface area (Å²) in [5.74, 6) is 0.791. The number of likely N-dealkylation sites (tertiary alicyclic amines) is 1. The fourth-order valence-corrected chi connectivity index (χ4v) is 3.52. The highest BCUT2D eigenvalue weighted by Crippen LogP contribution is 2.38. The molecule has 114 valence electrons. The third-order valence-electron chi connectivity index (χ3n) is 4.60. The van der Waals surface area contributed by atoms with Gasteiger partial charge < -0.3 is 14.4 Å². The first-order chi connectivity index (χ1) is 10.1. The molecule has 2 aliphatic rings. The largest absolute Gasteiger partial charge is 0.496 e. The van der Waals surface area contributed by atoms with E-state index >= 15 is 0 Å². The van der Waals surface area contributed by atoms with Gasteiger partial charge in [0.15, 0.2) is 0 Å². The van der Waals surface area contributed by atoms with E-state index in [1.165, 1.54) is 0 Å². The topological polar surface area (TPSA) is 38.8 Å². The van der Waals surface area contributed by atoms with E-state index in [1.807, 2.05) is 17.0 Å². The fourth-order valence-electron chi connectivity index (χ4n) is 3.28. The quantitative estimate of drug-likeness (QED) is 0.861. The van der Waals surface area contributed by atoms with E-state index in [1.54, 1.807) is 13.2 Å². The molecule has 1 spiro atoms.